The summed E-state index contributed by atoms with van der Waals surface area (Å²) in [6.07, 6.45) is 4.71. The first-order valence-corrected chi connectivity index (χ1v) is 5.65. The molecule has 0 aromatic carbocycles. The standard InChI is InChI=1S/C11H21NO2/c1-12(10-2-3-10)8-11(9-13)4-6-14-7-5-11/h10,13H,2-9H2,1H3. The van der Waals surface area contributed by atoms with Gasteiger partial charge in [-0.3, -0.25) is 0 Å². The molecule has 0 aromatic heterocycles. The molecule has 0 atom stereocenters. The van der Waals surface area contributed by atoms with E-state index in [2.05, 4.69) is 11.9 Å². The Hall–Kier alpha value is -0.120. The van der Waals surface area contributed by atoms with Crippen molar-refractivity contribution in [3.8, 4) is 0 Å². The van der Waals surface area contributed by atoms with E-state index in [9.17, 15) is 5.11 Å². The van der Waals surface area contributed by atoms with Crippen molar-refractivity contribution in [2.75, 3.05) is 33.4 Å². The number of rotatable bonds is 4. The minimum Gasteiger partial charge on any atom is -0.396 e. The van der Waals surface area contributed by atoms with Crippen LogP contribution in [-0.2, 0) is 4.74 Å². The van der Waals surface area contributed by atoms with Gasteiger partial charge in [0.25, 0.3) is 0 Å². The van der Waals surface area contributed by atoms with Gasteiger partial charge in [-0.15, -0.1) is 0 Å². The summed E-state index contributed by atoms with van der Waals surface area (Å²) in [7, 11) is 2.19. The van der Waals surface area contributed by atoms with Crippen LogP contribution in [0.25, 0.3) is 0 Å². The molecule has 14 heavy (non-hydrogen) atoms. The molecule has 2 aliphatic rings. The second kappa shape index (κ2) is 4.17. The molecule has 0 bridgehead atoms. The maximum atomic E-state index is 9.51. The maximum Gasteiger partial charge on any atom is 0.0501 e. The van der Waals surface area contributed by atoms with Crippen LogP contribution in [0.15, 0.2) is 0 Å². The lowest BCUT2D eigenvalue weighted by Crippen LogP contribution is -2.43. The SMILES string of the molecule is CN(CC1(CO)CCOCC1)C1CC1. The summed E-state index contributed by atoms with van der Waals surface area (Å²) in [6.45, 7) is 2.99. The van der Waals surface area contributed by atoms with E-state index in [1.807, 2.05) is 0 Å². The highest BCUT2D eigenvalue weighted by atomic mass is 16.5. The Balaban J connectivity index is 1.89. The number of hydrogen-bond donors (Lipinski definition) is 1. The number of hydrogen-bond acceptors (Lipinski definition) is 3. The van der Waals surface area contributed by atoms with Crippen molar-refractivity contribution >= 4 is 0 Å². The summed E-state index contributed by atoms with van der Waals surface area (Å²) in [5.74, 6) is 0. The van der Waals surface area contributed by atoms with Gasteiger partial charge < -0.3 is 14.7 Å². The monoisotopic (exact) mass is 199 g/mol. The third kappa shape index (κ3) is 2.27. The second-order valence-corrected chi connectivity index (χ2v) is 4.92. The Labute approximate surface area is 86.0 Å². The highest BCUT2D eigenvalue weighted by Crippen LogP contribution is 2.34. The van der Waals surface area contributed by atoms with Crippen molar-refractivity contribution in [2.24, 2.45) is 5.41 Å². The fraction of sp³-hybridized carbons (Fsp3) is 1.00. The molecular weight excluding hydrogens is 178 g/mol. The summed E-state index contributed by atoms with van der Waals surface area (Å²) in [4.78, 5) is 2.42. The molecule has 1 N–H and O–H groups in total. The molecule has 1 saturated heterocycles. The third-order valence-corrected chi connectivity index (χ3v) is 3.64. The van der Waals surface area contributed by atoms with Crippen molar-refractivity contribution < 1.29 is 9.84 Å². The van der Waals surface area contributed by atoms with Gasteiger partial charge >= 0.3 is 0 Å². The van der Waals surface area contributed by atoms with Gasteiger partial charge in [0.05, 0.1) is 6.61 Å². The van der Waals surface area contributed by atoms with E-state index in [4.69, 9.17) is 4.74 Å². The lowest BCUT2D eigenvalue weighted by Gasteiger charge is -2.38. The highest BCUT2D eigenvalue weighted by molar-refractivity contribution is 4.89. The van der Waals surface area contributed by atoms with Crippen LogP contribution in [0.4, 0.5) is 0 Å². The Morgan fingerprint density at radius 3 is 2.50 bits per heavy atom. The molecular formula is C11H21NO2. The normalized spacial score (nSPS) is 26.8. The minimum absolute atomic E-state index is 0.121. The second-order valence-electron chi connectivity index (χ2n) is 4.92. The predicted octanol–water partition coefficient (Wildman–Crippen LogP) is 0.870. The third-order valence-electron chi connectivity index (χ3n) is 3.64. The zero-order chi connectivity index (χ0) is 10.0. The molecule has 3 nitrogen and oxygen atoms in total. The topological polar surface area (TPSA) is 32.7 Å². The van der Waals surface area contributed by atoms with Crippen molar-refractivity contribution in [2.45, 2.75) is 31.7 Å². The van der Waals surface area contributed by atoms with Crippen LogP contribution in [0.2, 0.25) is 0 Å². The summed E-state index contributed by atoms with van der Waals surface area (Å²) in [6, 6.07) is 0.793. The summed E-state index contributed by atoms with van der Waals surface area (Å²) < 4.78 is 5.35. The zero-order valence-corrected chi connectivity index (χ0v) is 9.04. The largest absolute Gasteiger partial charge is 0.396 e. The lowest BCUT2D eigenvalue weighted by atomic mass is 9.80. The van der Waals surface area contributed by atoms with Crippen LogP contribution in [-0.4, -0.2) is 49.5 Å². The van der Waals surface area contributed by atoms with Gasteiger partial charge in [-0.1, -0.05) is 0 Å². The van der Waals surface area contributed by atoms with E-state index < -0.39 is 0 Å². The molecule has 82 valence electrons. The van der Waals surface area contributed by atoms with Gasteiger partial charge in [-0.2, -0.15) is 0 Å². The molecule has 1 aliphatic carbocycles. The highest BCUT2D eigenvalue weighted by Gasteiger charge is 2.36. The molecule has 2 fully saturated rings. The fourth-order valence-corrected chi connectivity index (χ4v) is 2.34. The number of aliphatic hydroxyl groups is 1. The Bertz CT molecular complexity index is 186. The quantitative estimate of drug-likeness (QED) is 0.729. The number of nitrogens with zero attached hydrogens (tertiary/aromatic N) is 1. The summed E-state index contributed by atoms with van der Waals surface area (Å²) in [5, 5.41) is 9.51. The van der Waals surface area contributed by atoms with E-state index in [1.54, 1.807) is 0 Å². The van der Waals surface area contributed by atoms with Gasteiger partial charge in [-0.05, 0) is 32.7 Å². The van der Waals surface area contributed by atoms with Crippen LogP contribution in [0.1, 0.15) is 25.7 Å². The Morgan fingerprint density at radius 2 is 2.00 bits per heavy atom. The van der Waals surface area contributed by atoms with Crippen LogP contribution < -0.4 is 0 Å². The van der Waals surface area contributed by atoms with E-state index in [1.165, 1.54) is 12.8 Å². The van der Waals surface area contributed by atoms with Gasteiger partial charge in [0.1, 0.15) is 0 Å². The first-order valence-electron chi connectivity index (χ1n) is 5.65. The average molecular weight is 199 g/mol. The fourth-order valence-electron chi connectivity index (χ4n) is 2.34. The smallest absolute Gasteiger partial charge is 0.0501 e. The first-order chi connectivity index (χ1) is 6.76. The van der Waals surface area contributed by atoms with Crippen LogP contribution >= 0.6 is 0 Å². The van der Waals surface area contributed by atoms with Gasteiger partial charge in [-0.25, -0.2) is 0 Å². The number of aliphatic hydroxyl groups excluding tert-OH is 1. The van der Waals surface area contributed by atoms with Gasteiger partial charge in [0, 0.05) is 31.2 Å². The molecule has 2 rings (SSSR count). The van der Waals surface area contributed by atoms with Crippen LogP contribution in [0, 0.1) is 5.41 Å². The van der Waals surface area contributed by atoms with Crippen molar-refractivity contribution in [3.63, 3.8) is 0 Å². The maximum absolute atomic E-state index is 9.51. The van der Waals surface area contributed by atoms with Crippen molar-refractivity contribution in [1.29, 1.82) is 0 Å². The Kier molecular flexibility index (Phi) is 3.10. The van der Waals surface area contributed by atoms with E-state index in [0.717, 1.165) is 38.6 Å². The van der Waals surface area contributed by atoms with Gasteiger partial charge in [0.2, 0.25) is 0 Å². The summed E-state index contributed by atoms with van der Waals surface area (Å²) in [5.41, 5.74) is 0.121. The predicted molar refractivity (Wildman–Crippen MR) is 55.2 cm³/mol. The number of ether oxygens (including phenoxy) is 1. The molecule has 0 unspecified atom stereocenters. The average Bonchev–Trinajstić information content (AvgIpc) is 3.02. The lowest BCUT2D eigenvalue weighted by molar-refractivity contribution is -0.0318. The molecule has 1 aliphatic heterocycles. The van der Waals surface area contributed by atoms with E-state index >= 15 is 0 Å². The zero-order valence-electron chi connectivity index (χ0n) is 9.04. The van der Waals surface area contributed by atoms with Crippen molar-refractivity contribution in [1.82, 2.24) is 4.90 Å². The van der Waals surface area contributed by atoms with E-state index in [-0.39, 0.29) is 5.41 Å². The van der Waals surface area contributed by atoms with Gasteiger partial charge in [0.15, 0.2) is 0 Å². The summed E-state index contributed by atoms with van der Waals surface area (Å²) >= 11 is 0. The molecule has 0 amide bonds. The minimum atomic E-state index is 0.121. The molecule has 1 saturated carbocycles. The molecule has 3 heteroatoms. The first kappa shape index (κ1) is 10.4. The molecule has 0 radical (unpaired) electrons. The molecule has 0 aromatic rings. The van der Waals surface area contributed by atoms with E-state index in [0.29, 0.717) is 6.61 Å². The Morgan fingerprint density at radius 1 is 1.36 bits per heavy atom. The molecule has 0 spiro atoms. The molecule has 1 heterocycles. The van der Waals surface area contributed by atoms with Crippen molar-refractivity contribution in [3.05, 3.63) is 0 Å². The van der Waals surface area contributed by atoms with Crippen LogP contribution in [0.3, 0.4) is 0 Å². The van der Waals surface area contributed by atoms with Crippen LogP contribution in [0.5, 0.6) is 0 Å².